The lowest BCUT2D eigenvalue weighted by atomic mass is 9.76. The van der Waals surface area contributed by atoms with E-state index in [1.54, 1.807) is 0 Å². The van der Waals surface area contributed by atoms with Gasteiger partial charge in [0.05, 0.1) is 0 Å². The molecule has 3 unspecified atom stereocenters. The predicted octanol–water partition coefficient (Wildman–Crippen LogP) is 5.25. The van der Waals surface area contributed by atoms with Crippen molar-refractivity contribution < 1.29 is 0 Å². The first kappa shape index (κ1) is 17.0. The molecule has 1 aliphatic carbocycles. The summed E-state index contributed by atoms with van der Waals surface area (Å²) in [5, 5.41) is 3.84. The molecule has 1 heteroatoms. The Kier molecular flexibility index (Phi) is 5.92. The molecule has 0 bridgehead atoms. The summed E-state index contributed by atoms with van der Waals surface area (Å²) in [6.45, 7) is 17.8. The van der Waals surface area contributed by atoms with E-state index in [0.717, 1.165) is 17.9 Å². The molecule has 1 rings (SSSR count). The average Bonchev–Trinajstić information content (AvgIpc) is 2.48. The standard InChI is InChI=1S/C18H37N/c1-14(17(2,3)4)13-19-16-10-8-9-15(11-12-16)18(5,6)7/h14-16,19H,8-13H2,1-7H3. The van der Waals surface area contributed by atoms with Gasteiger partial charge >= 0.3 is 0 Å². The number of rotatable bonds is 3. The molecule has 1 fully saturated rings. The van der Waals surface area contributed by atoms with Crippen LogP contribution in [0.25, 0.3) is 0 Å². The van der Waals surface area contributed by atoms with Crippen LogP contribution in [0.1, 0.15) is 80.6 Å². The Balaban J connectivity index is 2.38. The second kappa shape index (κ2) is 6.61. The van der Waals surface area contributed by atoms with Gasteiger partial charge in [-0.1, -0.05) is 54.9 Å². The Morgan fingerprint density at radius 2 is 1.58 bits per heavy atom. The molecule has 0 aromatic carbocycles. The second-order valence-corrected chi connectivity index (χ2v) is 8.94. The van der Waals surface area contributed by atoms with Crippen LogP contribution < -0.4 is 5.32 Å². The Morgan fingerprint density at radius 1 is 0.947 bits per heavy atom. The number of hydrogen-bond acceptors (Lipinski definition) is 1. The summed E-state index contributed by atoms with van der Waals surface area (Å²) in [6.07, 6.45) is 6.99. The summed E-state index contributed by atoms with van der Waals surface area (Å²) in [6, 6.07) is 0.761. The zero-order valence-corrected chi connectivity index (χ0v) is 14.5. The zero-order valence-electron chi connectivity index (χ0n) is 14.5. The third-order valence-electron chi connectivity index (χ3n) is 5.38. The molecule has 0 amide bonds. The van der Waals surface area contributed by atoms with Gasteiger partial charge in [0, 0.05) is 6.04 Å². The van der Waals surface area contributed by atoms with Gasteiger partial charge < -0.3 is 5.32 Å². The van der Waals surface area contributed by atoms with Gasteiger partial charge in [0.2, 0.25) is 0 Å². The molecule has 0 radical (unpaired) electrons. The first-order valence-electron chi connectivity index (χ1n) is 8.34. The molecule has 3 atom stereocenters. The minimum absolute atomic E-state index is 0.422. The van der Waals surface area contributed by atoms with Crippen molar-refractivity contribution >= 4 is 0 Å². The maximum atomic E-state index is 3.84. The van der Waals surface area contributed by atoms with Gasteiger partial charge in [-0.25, -0.2) is 0 Å². The number of hydrogen-bond donors (Lipinski definition) is 1. The Bertz CT molecular complexity index is 256. The summed E-state index contributed by atoms with van der Waals surface area (Å²) in [5.41, 5.74) is 0.916. The van der Waals surface area contributed by atoms with Gasteiger partial charge in [-0.15, -0.1) is 0 Å². The van der Waals surface area contributed by atoms with Crippen LogP contribution in [0, 0.1) is 22.7 Å². The van der Waals surface area contributed by atoms with Crippen LogP contribution in [0.5, 0.6) is 0 Å². The molecule has 19 heavy (non-hydrogen) atoms. The molecular formula is C18H37N. The topological polar surface area (TPSA) is 12.0 Å². The van der Waals surface area contributed by atoms with E-state index >= 15 is 0 Å². The van der Waals surface area contributed by atoms with Crippen molar-refractivity contribution in [1.29, 1.82) is 0 Å². The third-order valence-corrected chi connectivity index (χ3v) is 5.38. The second-order valence-electron chi connectivity index (χ2n) is 8.94. The monoisotopic (exact) mass is 267 g/mol. The summed E-state index contributed by atoms with van der Waals surface area (Å²) >= 11 is 0. The Labute approximate surface area is 121 Å². The summed E-state index contributed by atoms with van der Waals surface area (Å²) in [7, 11) is 0. The van der Waals surface area contributed by atoms with E-state index in [1.165, 1.54) is 38.6 Å². The highest BCUT2D eigenvalue weighted by Crippen LogP contribution is 2.36. The molecule has 0 aliphatic heterocycles. The van der Waals surface area contributed by atoms with E-state index in [-0.39, 0.29) is 0 Å². The smallest absolute Gasteiger partial charge is 0.00672 e. The van der Waals surface area contributed by atoms with E-state index in [1.807, 2.05) is 0 Å². The van der Waals surface area contributed by atoms with Crippen molar-refractivity contribution in [3.63, 3.8) is 0 Å². The van der Waals surface area contributed by atoms with Crippen molar-refractivity contribution in [3.05, 3.63) is 0 Å². The van der Waals surface area contributed by atoms with Crippen molar-refractivity contribution in [2.75, 3.05) is 6.54 Å². The van der Waals surface area contributed by atoms with Gasteiger partial charge in [-0.3, -0.25) is 0 Å². The van der Waals surface area contributed by atoms with E-state index in [2.05, 4.69) is 53.8 Å². The minimum atomic E-state index is 0.422. The lowest BCUT2D eigenvalue weighted by Crippen LogP contribution is -2.36. The first-order chi connectivity index (χ1) is 8.60. The quantitative estimate of drug-likeness (QED) is 0.688. The van der Waals surface area contributed by atoms with Crippen molar-refractivity contribution in [1.82, 2.24) is 5.32 Å². The third kappa shape index (κ3) is 5.85. The van der Waals surface area contributed by atoms with Crippen molar-refractivity contribution in [3.8, 4) is 0 Å². The molecule has 0 aromatic heterocycles. The molecule has 114 valence electrons. The van der Waals surface area contributed by atoms with Gasteiger partial charge in [0.1, 0.15) is 0 Å². The summed E-state index contributed by atoms with van der Waals surface area (Å²) < 4.78 is 0. The van der Waals surface area contributed by atoms with Crippen LogP contribution in [0.2, 0.25) is 0 Å². The molecule has 0 saturated heterocycles. The Morgan fingerprint density at radius 3 is 2.11 bits per heavy atom. The predicted molar refractivity (Wildman–Crippen MR) is 86.4 cm³/mol. The van der Waals surface area contributed by atoms with Crippen LogP contribution in [0.4, 0.5) is 0 Å². The lowest BCUT2D eigenvalue weighted by molar-refractivity contribution is 0.211. The SMILES string of the molecule is CC(CNC1CCCC(C(C)(C)C)CC1)C(C)(C)C. The molecule has 0 heterocycles. The van der Waals surface area contributed by atoms with Crippen molar-refractivity contribution in [2.24, 2.45) is 22.7 Å². The van der Waals surface area contributed by atoms with Crippen LogP contribution in [-0.2, 0) is 0 Å². The lowest BCUT2D eigenvalue weighted by Gasteiger charge is -2.30. The van der Waals surface area contributed by atoms with Crippen LogP contribution in [0.3, 0.4) is 0 Å². The molecule has 1 N–H and O–H groups in total. The van der Waals surface area contributed by atoms with Crippen molar-refractivity contribution in [2.45, 2.75) is 86.6 Å². The van der Waals surface area contributed by atoms with Crippen LogP contribution >= 0.6 is 0 Å². The van der Waals surface area contributed by atoms with Gasteiger partial charge in [0.25, 0.3) is 0 Å². The summed E-state index contributed by atoms with van der Waals surface area (Å²) in [4.78, 5) is 0. The largest absolute Gasteiger partial charge is 0.314 e. The van der Waals surface area contributed by atoms with E-state index in [0.29, 0.717) is 10.8 Å². The minimum Gasteiger partial charge on any atom is -0.314 e. The van der Waals surface area contributed by atoms with E-state index < -0.39 is 0 Å². The fraction of sp³-hybridized carbons (Fsp3) is 1.00. The molecular weight excluding hydrogens is 230 g/mol. The highest BCUT2D eigenvalue weighted by molar-refractivity contribution is 4.82. The van der Waals surface area contributed by atoms with E-state index in [9.17, 15) is 0 Å². The average molecular weight is 268 g/mol. The van der Waals surface area contributed by atoms with Crippen LogP contribution in [-0.4, -0.2) is 12.6 Å². The van der Waals surface area contributed by atoms with Gasteiger partial charge in [0.15, 0.2) is 0 Å². The molecule has 1 saturated carbocycles. The molecule has 0 aromatic rings. The van der Waals surface area contributed by atoms with E-state index in [4.69, 9.17) is 0 Å². The maximum absolute atomic E-state index is 3.84. The fourth-order valence-corrected chi connectivity index (χ4v) is 3.02. The number of nitrogens with one attached hydrogen (secondary N) is 1. The normalized spacial score (nSPS) is 27.9. The highest BCUT2D eigenvalue weighted by atomic mass is 14.9. The Hall–Kier alpha value is -0.0400. The fourth-order valence-electron chi connectivity index (χ4n) is 3.02. The molecule has 0 spiro atoms. The first-order valence-corrected chi connectivity index (χ1v) is 8.34. The van der Waals surface area contributed by atoms with Crippen LogP contribution in [0.15, 0.2) is 0 Å². The zero-order chi connectivity index (χ0) is 14.7. The highest BCUT2D eigenvalue weighted by Gasteiger charge is 2.28. The van der Waals surface area contributed by atoms with Gasteiger partial charge in [-0.2, -0.15) is 0 Å². The molecule has 1 nitrogen and oxygen atoms in total. The molecule has 1 aliphatic rings. The van der Waals surface area contributed by atoms with Gasteiger partial charge in [-0.05, 0) is 54.9 Å². The summed E-state index contributed by atoms with van der Waals surface area (Å²) in [5.74, 6) is 1.66. The maximum Gasteiger partial charge on any atom is 0.00672 e.